The summed E-state index contributed by atoms with van der Waals surface area (Å²) in [6, 6.07) is 29.2. The minimum absolute atomic E-state index is 0.0128. The molecule has 45 heavy (non-hydrogen) atoms. The molecular formula is C32H31N6O5PS. The number of hydrogen-bond donors (Lipinski definition) is 3. The van der Waals surface area contributed by atoms with Crippen molar-refractivity contribution in [2.45, 2.75) is 24.9 Å². The Morgan fingerprint density at radius 1 is 1.02 bits per heavy atom. The molecule has 0 saturated carbocycles. The van der Waals surface area contributed by atoms with Crippen LogP contribution in [0.1, 0.15) is 18.7 Å². The summed E-state index contributed by atoms with van der Waals surface area (Å²) in [4.78, 5) is 49.8. The topological polar surface area (TPSA) is 160 Å². The molecule has 6 rings (SSSR count). The van der Waals surface area contributed by atoms with Crippen molar-refractivity contribution >= 4 is 63.3 Å². The Kier molecular flexibility index (Phi) is 8.42. The molecule has 230 valence electrons. The van der Waals surface area contributed by atoms with Gasteiger partial charge in [0.05, 0.1) is 0 Å². The zero-order valence-corrected chi connectivity index (χ0v) is 26.1. The van der Waals surface area contributed by atoms with Gasteiger partial charge < -0.3 is 5.73 Å². The number of carboxylic acids is 1. The van der Waals surface area contributed by atoms with E-state index in [1.54, 1.807) is 0 Å². The molecule has 2 aliphatic rings. The van der Waals surface area contributed by atoms with Crippen LogP contribution >= 0.6 is 18.8 Å². The molecule has 4 aromatic rings. The number of amides is 2. The molecule has 11 nitrogen and oxygen atoms in total. The number of oxime groups is 1. The van der Waals surface area contributed by atoms with Gasteiger partial charge in [0.25, 0.3) is 0 Å². The Morgan fingerprint density at radius 3 is 2.04 bits per heavy atom. The fraction of sp³-hybridized carbons (Fsp3) is 0.188. The fourth-order valence-electron chi connectivity index (χ4n) is 6.42. The van der Waals surface area contributed by atoms with Gasteiger partial charge in [-0.25, -0.2) is 0 Å². The molecule has 13 heteroatoms. The van der Waals surface area contributed by atoms with Crippen molar-refractivity contribution < 1.29 is 24.3 Å². The van der Waals surface area contributed by atoms with Crippen molar-refractivity contribution in [1.82, 2.24) is 19.6 Å². The zero-order valence-electron chi connectivity index (χ0n) is 24.3. The Morgan fingerprint density at radius 2 is 1.58 bits per heavy atom. The monoisotopic (exact) mass is 642 g/mol. The average Bonchev–Trinajstić information content (AvgIpc) is 3.51. The average molecular weight is 643 g/mol. The van der Waals surface area contributed by atoms with Crippen molar-refractivity contribution in [2.24, 2.45) is 5.16 Å². The number of carbonyl (C=O) groups excluding carboxylic acids is 2. The van der Waals surface area contributed by atoms with Crippen molar-refractivity contribution in [3.8, 4) is 0 Å². The molecule has 1 saturated heterocycles. The van der Waals surface area contributed by atoms with E-state index >= 15 is 0 Å². The van der Waals surface area contributed by atoms with Crippen LogP contribution in [0.5, 0.6) is 0 Å². The van der Waals surface area contributed by atoms with Crippen LogP contribution in [0.4, 0.5) is 5.13 Å². The molecule has 2 atom stereocenters. The van der Waals surface area contributed by atoms with Gasteiger partial charge in [0, 0.05) is 0 Å². The number of carbonyl (C=O) groups is 3. The number of fused-ring (bicyclic) bond motifs is 1. The van der Waals surface area contributed by atoms with Crippen molar-refractivity contribution in [1.29, 1.82) is 0 Å². The van der Waals surface area contributed by atoms with E-state index < -0.39 is 37.1 Å². The van der Waals surface area contributed by atoms with Crippen LogP contribution < -0.4 is 27.0 Å². The number of benzene rings is 3. The number of nitrogens with one attached hydrogen (secondary N) is 1. The molecule has 4 N–H and O–H groups in total. The quantitative estimate of drug-likeness (QED) is 0.103. The van der Waals surface area contributed by atoms with E-state index in [-0.39, 0.29) is 22.4 Å². The number of allylic oxidation sites excluding steroid dienone is 1. The maximum absolute atomic E-state index is 13.6. The van der Waals surface area contributed by atoms with Crippen molar-refractivity contribution in [3.63, 3.8) is 0 Å². The number of anilines is 1. The number of β-lactam (4-membered cyclic amide) rings is 1. The van der Waals surface area contributed by atoms with E-state index in [1.807, 2.05) is 54.6 Å². The molecule has 1 unspecified atom stereocenters. The predicted molar refractivity (Wildman–Crippen MR) is 176 cm³/mol. The first-order valence-corrected chi connectivity index (χ1v) is 17.3. The second-order valence-corrected chi connectivity index (χ2v) is 15.5. The van der Waals surface area contributed by atoms with Crippen LogP contribution in [0, 0.1) is 0 Å². The standard InChI is InChI=1S/C32H31N6O5PS/c1-43-36-26(28-35-32(33)45-37-28)29(39)34-25-24-18-17-20(27(31(41)42)38(24)30(25)40)19-44(21-11-5-2-6-12-21,22-13-7-3-8-14-22)23-15-9-4-10-16-23/h2-16,24-25,44H,17-19H2,1H3,(H,34,39)(H,41,42)(H2,33,35,37)/b36-26+/t24?,25-/m0/s1. The van der Waals surface area contributed by atoms with Crippen molar-refractivity contribution in [3.05, 3.63) is 108 Å². The molecule has 0 radical (unpaired) electrons. The SMILES string of the molecule is CO/N=C(/C(=O)N[C@@H]1C(=O)N2C(C(=O)O)=C(C[PH](c3ccccc3)(c3ccccc3)c3ccccc3)CCC12)c1nsc(N)n1. The molecular weight excluding hydrogens is 611 g/mol. The summed E-state index contributed by atoms with van der Waals surface area (Å²) in [5.41, 5.74) is 6.14. The molecule has 0 bridgehead atoms. The van der Waals surface area contributed by atoms with Crippen LogP contribution in [0.3, 0.4) is 0 Å². The number of aromatic nitrogens is 2. The second-order valence-electron chi connectivity index (χ2n) is 10.8. The van der Waals surface area contributed by atoms with Gasteiger partial charge >= 0.3 is 259 Å². The maximum atomic E-state index is 13.6. The van der Waals surface area contributed by atoms with Crippen LogP contribution in [-0.4, -0.2) is 68.2 Å². The first kappa shape index (κ1) is 30.1. The molecule has 2 aliphatic heterocycles. The number of carboxylic acid groups (broad SMARTS) is 1. The van der Waals surface area contributed by atoms with Crippen LogP contribution in [0.25, 0.3) is 0 Å². The first-order chi connectivity index (χ1) is 21.8. The molecule has 2 amide bonds. The third-order valence-corrected chi connectivity index (χ3v) is 13.8. The predicted octanol–water partition coefficient (Wildman–Crippen LogP) is 2.03. The van der Waals surface area contributed by atoms with Gasteiger partial charge in [0.1, 0.15) is 0 Å². The van der Waals surface area contributed by atoms with Gasteiger partial charge in [-0.2, -0.15) is 0 Å². The van der Waals surface area contributed by atoms with E-state index in [9.17, 15) is 19.5 Å². The molecule has 3 heterocycles. The number of nitrogen functional groups attached to an aromatic ring is 1. The first-order valence-electron chi connectivity index (χ1n) is 14.3. The van der Waals surface area contributed by atoms with E-state index in [0.29, 0.717) is 24.6 Å². The van der Waals surface area contributed by atoms with E-state index in [1.165, 1.54) is 12.0 Å². The van der Waals surface area contributed by atoms with Crippen LogP contribution in [-0.2, 0) is 19.2 Å². The third-order valence-electron chi connectivity index (χ3n) is 8.36. The van der Waals surface area contributed by atoms with Crippen LogP contribution in [0.15, 0.2) is 107 Å². The molecule has 1 fully saturated rings. The summed E-state index contributed by atoms with van der Waals surface area (Å²) in [6.45, 7) is 0. The summed E-state index contributed by atoms with van der Waals surface area (Å²) in [5, 5.41) is 20.5. The Labute approximate surface area is 263 Å². The molecule has 0 aliphatic carbocycles. The van der Waals surface area contributed by atoms with Crippen LogP contribution in [0.2, 0.25) is 0 Å². The van der Waals surface area contributed by atoms with Gasteiger partial charge in [0.2, 0.25) is 0 Å². The third kappa shape index (κ3) is 5.47. The number of rotatable bonds is 10. The van der Waals surface area contributed by atoms with Gasteiger partial charge in [-0.3, -0.25) is 0 Å². The number of nitrogens with zero attached hydrogens (tertiary/aromatic N) is 4. The second kappa shape index (κ2) is 12.6. The van der Waals surface area contributed by atoms with Gasteiger partial charge in [-0.1, -0.05) is 0 Å². The summed E-state index contributed by atoms with van der Waals surface area (Å²) in [5.74, 6) is -2.42. The van der Waals surface area contributed by atoms with E-state index in [2.05, 4.69) is 56.2 Å². The number of hydrogen-bond acceptors (Lipinski definition) is 9. The Bertz CT molecular complexity index is 1700. The normalized spacial score (nSPS) is 18.6. The molecule has 3 aromatic carbocycles. The number of nitrogens with two attached hydrogens (primary N) is 1. The summed E-state index contributed by atoms with van der Waals surface area (Å²) in [7, 11) is -1.56. The zero-order chi connectivity index (χ0) is 31.6. The Hall–Kier alpha value is -4.93. The van der Waals surface area contributed by atoms with Gasteiger partial charge in [-0.05, 0) is 0 Å². The van der Waals surface area contributed by atoms with E-state index in [0.717, 1.165) is 27.4 Å². The molecule has 1 aromatic heterocycles. The summed E-state index contributed by atoms with van der Waals surface area (Å²) in [6.07, 6.45) is 1.40. The summed E-state index contributed by atoms with van der Waals surface area (Å²) >= 11 is 0.894. The van der Waals surface area contributed by atoms with E-state index in [4.69, 9.17) is 10.6 Å². The van der Waals surface area contributed by atoms with Gasteiger partial charge in [0.15, 0.2) is 0 Å². The Balaban J connectivity index is 1.37. The van der Waals surface area contributed by atoms with Gasteiger partial charge in [-0.15, -0.1) is 0 Å². The fourth-order valence-corrected chi connectivity index (χ4v) is 11.7. The molecule has 0 spiro atoms. The summed E-state index contributed by atoms with van der Waals surface area (Å²) < 4.78 is 4.02. The van der Waals surface area contributed by atoms with Crippen molar-refractivity contribution in [2.75, 3.05) is 19.0 Å². The minimum atomic E-state index is -2.83. The number of aliphatic carboxylic acids is 1.